The van der Waals surface area contributed by atoms with Crippen LogP contribution in [0.1, 0.15) is 89.9 Å². The number of hydrogen-bond donors (Lipinski definition) is 1. The molecule has 4 saturated carbocycles. The molecule has 2 bridgehead atoms. The summed E-state index contributed by atoms with van der Waals surface area (Å²) in [6.45, 7) is 0.670. The van der Waals surface area contributed by atoms with Crippen molar-refractivity contribution in [1.29, 1.82) is 0 Å². The SMILES string of the molecule is O=C(CN(C1CCCCC1)C1CCCCC1)N[C@@H]1C[C@H]2CC[C@H]1C2. The summed E-state index contributed by atoms with van der Waals surface area (Å²) < 4.78 is 0. The molecule has 0 unspecified atom stereocenters. The van der Waals surface area contributed by atoms with Crippen molar-refractivity contribution in [3.63, 3.8) is 0 Å². The molecule has 0 saturated heterocycles. The number of carbonyl (C=O) groups is 1. The Morgan fingerprint density at radius 3 is 1.92 bits per heavy atom. The van der Waals surface area contributed by atoms with Crippen LogP contribution in [0.5, 0.6) is 0 Å². The minimum absolute atomic E-state index is 0.323. The number of nitrogens with zero attached hydrogens (tertiary/aromatic N) is 1. The molecule has 4 rings (SSSR count). The number of amides is 1. The third kappa shape index (κ3) is 3.81. The molecular formula is C21H36N2O. The van der Waals surface area contributed by atoms with Crippen LogP contribution >= 0.6 is 0 Å². The van der Waals surface area contributed by atoms with Gasteiger partial charge in [0.1, 0.15) is 0 Å². The fraction of sp³-hybridized carbons (Fsp3) is 0.952. The first-order chi connectivity index (χ1) is 11.8. The highest BCUT2D eigenvalue weighted by Crippen LogP contribution is 2.44. The molecule has 3 heteroatoms. The van der Waals surface area contributed by atoms with E-state index in [2.05, 4.69) is 10.2 Å². The Balaban J connectivity index is 1.35. The summed E-state index contributed by atoms with van der Waals surface area (Å²) in [5.41, 5.74) is 0. The van der Waals surface area contributed by atoms with Crippen LogP contribution in [0.3, 0.4) is 0 Å². The molecule has 4 fully saturated rings. The van der Waals surface area contributed by atoms with Gasteiger partial charge in [0.15, 0.2) is 0 Å². The zero-order valence-electron chi connectivity index (χ0n) is 15.3. The Kier molecular flexibility index (Phi) is 5.46. The van der Waals surface area contributed by atoms with E-state index in [4.69, 9.17) is 0 Å². The van der Waals surface area contributed by atoms with Gasteiger partial charge in [-0.15, -0.1) is 0 Å². The highest BCUT2D eigenvalue weighted by Gasteiger charge is 2.40. The average Bonchev–Trinajstić information content (AvgIpc) is 3.24. The Bertz CT molecular complexity index is 408. The van der Waals surface area contributed by atoms with Gasteiger partial charge in [0.05, 0.1) is 6.54 Å². The summed E-state index contributed by atoms with van der Waals surface area (Å²) >= 11 is 0. The maximum Gasteiger partial charge on any atom is 0.234 e. The van der Waals surface area contributed by atoms with Crippen molar-refractivity contribution in [3.8, 4) is 0 Å². The number of carbonyl (C=O) groups excluding carboxylic acids is 1. The number of rotatable bonds is 5. The Morgan fingerprint density at radius 2 is 1.42 bits per heavy atom. The van der Waals surface area contributed by atoms with Crippen LogP contribution in [0.25, 0.3) is 0 Å². The van der Waals surface area contributed by atoms with Gasteiger partial charge in [-0.05, 0) is 56.8 Å². The standard InChI is InChI=1S/C21H36N2O/c24-21(22-20-14-16-11-12-17(20)13-16)15-23(18-7-3-1-4-8-18)19-9-5-2-6-10-19/h16-20H,1-15H2,(H,22,24)/t16-,17-,20+/m0/s1. The molecule has 24 heavy (non-hydrogen) atoms. The van der Waals surface area contributed by atoms with Crippen molar-refractivity contribution in [2.75, 3.05) is 6.54 Å². The van der Waals surface area contributed by atoms with Crippen molar-refractivity contribution in [2.24, 2.45) is 11.8 Å². The maximum atomic E-state index is 12.8. The zero-order valence-corrected chi connectivity index (χ0v) is 15.3. The van der Waals surface area contributed by atoms with Crippen LogP contribution in [0.2, 0.25) is 0 Å². The van der Waals surface area contributed by atoms with E-state index in [1.165, 1.54) is 89.9 Å². The number of hydrogen-bond acceptors (Lipinski definition) is 2. The summed E-state index contributed by atoms with van der Waals surface area (Å²) in [5, 5.41) is 3.44. The smallest absolute Gasteiger partial charge is 0.234 e. The second-order valence-electron chi connectivity index (χ2n) is 9.10. The van der Waals surface area contributed by atoms with Gasteiger partial charge in [0.2, 0.25) is 5.91 Å². The molecule has 3 nitrogen and oxygen atoms in total. The van der Waals surface area contributed by atoms with E-state index in [-0.39, 0.29) is 0 Å². The highest BCUT2D eigenvalue weighted by molar-refractivity contribution is 5.78. The maximum absolute atomic E-state index is 12.8. The second kappa shape index (κ2) is 7.76. The van der Waals surface area contributed by atoms with Crippen molar-refractivity contribution in [2.45, 2.75) is 108 Å². The van der Waals surface area contributed by atoms with Crippen LogP contribution in [-0.4, -0.2) is 35.5 Å². The van der Waals surface area contributed by atoms with Gasteiger partial charge in [-0.3, -0.25) is 9.69 Å². The first-order valence-electron chi connectivity index (χ1n) is 10.8. The average molecular weight is 333 g/mol. The molecule has 4 aliphatic carbocycles. The quantitative estimate of drug-likeness (QED) is 0.816. The van der Waals surface area contributed by atoms with Gasteiger partial charge in [-0.1, -0.05) is 44.9 Å². The Morgan fingerprint density at radius 1 is 0.792 bits per heavy atom. The zero-order chi connectivity index (χ0) is 16.4. The first-order valence-corrected chi connectivity index (χ1v) is 10.8. The molecule has 0 radical (unpaired) electrons. The molecule has 0 aliphatic heterocycles. The summed E-state index contributed by atoms with van der Waals surface area (Å²) in [5.74, 6) is 2.02. The van der Waals surface area contributed by atoms with E-state index in [1.54, 1.807) is 0 Å². The van der Waals surface area contributed by atoms with Crippen molar-refractivity contribution in [1.82, 2.24) is 10.2 Å². The Hall–Kier alpha value is -0.570. The first kappa shape index (κ1) is 16.9. The molecule has 0 heterocycles. The van der Waals surface area contributed by atoms with E-state index in [0.717, 1.165) is 11.8 Å². The lowest BCUT2D eigenvalue weighted by Gasteiger charge is -2.41. The van der Waals surface area contributed by atoms with E-state index < -0.39 is 0 Å². The van der Waals surface area contributed by atoms with Gasteiger partial charge in [0.25, 0.3) is 0 Å². The van der Waals surface area contributed by atoms with Gasteiger partial charge >= 0.3 is 0 Å². The topological polar surface area (TPSA) is 32.3 Å². The van der Waals surface area contributed by atoms with Gasteiger partial charge in [-0.2, -0.15) is 0 Å². The lowest BCUT2D eigenvalue weighted by molar-refractivity contribution is -0.125. The molecule has 0 spiro atoms. The van der Waals surface area contributed by atoms with Crippen molar-refractivity contribution >= 4 is 5.91 Å². The third-order valence-electron chi connectivity index (χ3n) is 7.50. The lowest BCUT2D eigenvalue weighted by atomic mass is 9.88. The predicted molar refractivity (Wildman–Crippen MR) is 97.8 cm³/mol. The lowest BCUT2D eigenvalue weighted by Crippen LogP contribution is -2.51. The summed E-state index contributed by atoms with van der Waals surface area (Å²) in [6.07, 6.45) is 18.9. The molecule has 1 amide bonds. The van der Waals surface area contributed by atoms with E-state index >= 15 is 0 Å². The highest BCUT2D eigenvalue weighted by atomic mass is 16.2. The van der Waals surface area contributed by atoms with Crippen molar-refractivity contribution in [3.05, 3.63) is 0 Å². The Labute approximate surface area is 147 Å². The number of fused-ring (bicyclic) bond motifs is 2. The van der Waals surface area contributed by atoms with E-state index in [9.17, 15) is 4.79 Å². The monoisotopic (exact) mass is 332 g/mol. The van der Waals surface area contributed by atoms with Gasteiger partial charge < -0.3 is 5.32 Å². The van der Waals surface area contributed by atoms with Crippen LogP contribution in [0.15, 0.2) is 0 Å². The predicted octanol–water partition coefficient (Wildman–Crippen LogP) is 4.26. The minimum atomic E-state index is 0.323. The molecule has 0 aromatic rings. The molecule has 3 atom stereocenters. The molecule has 1 N–H and O–H groups in total. The summed E-state index contributed by atoms with van der Waals surface area (Å²) in [4.78, 5) is 15.5. The number of nitrogens with one attached hydrogen (secondary N) is 1. The second-order valence-corrected chi connectivity index (χ2v) is 9.10. The van der Waals surface area contributed by atoms with Crippen LogP contribution < -0.4 is 5.32 Å². The van der Waals surface area contributed by atoms with Crippen LogP contribution in [0, 0.1) is 11.8 Å². The fourth-order valence-corrected chi connectivity index (χ4v) is 6.22. The van der Waals surface area contributed by atoms with Crippen LogP contribution in [-0.2, 0) is 4.79 Å². The molecular weight excluding hydrogens is 296 g/mol. The van der Waals surface area contributed by atoms with E-state index in [0.29, 0.717) is 30.6 Å². The minimum Gasteiger partial charge on any atom is -0.352 e. The van der Waals surface area contributed by atoms with Gasteiger partial charge in [-0.25, -0.2) is 0 Å². The summed E-state index contributed by atoms with van der Waals surface area (Å²) in [7, 11) is 0. The molecule has 4 aliphatic rings. The van der Waals surface area contributed by atoms with Crippen LogP contribution in [0.4, 0.5) is 0 Å². The third-order valence-corrected chi connectivity index (χ3v) is 7.50. The van der Waals surface area contributed by atoms with Crippen molar-refractivity contribution < 1.29 is 4.79 Å². The fourth-order valence-electron chi connectivity index (χ4n) is 6.22. The molecule has 0 aromatic heterocycles. The van der Waals surface area contributed by atoms with Gasteiger partial charge in [0, 0.05) is 18.1 Å². The molecule has 136 valence electrons. The van der Waals surface area contributed by atoms with E-state index in [1.807, 2.05) is 0 Å². The molecule has 0 aromatic carbocycles. The largest absolute Gasteiger partial charge is 0.352 e. The summed E-state index contributed by atoms with van der Waals surface area (Å²) in [6, 6.07) is 1.84. The normalized spacial score (nSPS) is 34.8.